The Morgan fingerprint density at radius 3 is 2.00 bits per heavy atom. The lowest BCUT2D eigenvalue weighted by Gasteiger charge is -2.37. The smallest absolute Gasteiger partial charge is 0.0575 e. The number of ether oxygens (including phenoxy) is 1. The summed E-state index contributed by atoms with van der Waals surface area (Å²) in [5, 5.41) is 0. The van der Waals surface area contributed by atoms with E-state index in [4.69, 9.17) is 4.74 Å². The normalized spacial score (nSPS) is 36.7. The molecule has 0 saturated heterocycles. The van der Waals surface area contributed by atoms with Crippen LogP contribution >= 0.6 is 0 Å². The van der Waals surface area contributed by atoms with Crippen LogP contribution in [0, 0.1) is 17.8 Å². The van der Waals surface area contributed by atoms with E-state index >= 15 is 0 Å². The second-order valence-corrected chi connectivity index (χ2v) is 6.61. The molecule has 110 valence electrons. The van der Waals surface area contributed by atoms with E-state index in [0.717, 1.165) is 30.8 Å². The molecule has 0 aromatic carbocycles. The number of hydrogen-bond acceptors (Lipinski definition) is 1. The predicted molar refractivity (Wildman–Crippen MR) is 82.3 cm³/mol. The Morgan fingerprint density at radius 2 is 1.47 bits per heavy atom. The summed E-state index contributed by atoms with van der Waals surface area (Å²) in [4.78, 5) is 0. The lowest BCUT2D eigenvalue weighted by Crippen LogP contribution is -2.28. The van der Waals surface area contributed by atoms with Crippen molar-refractivity contribution in [3.05, 3.63) is 12.2 Å². The van der Waals surface area contributed by atoms with Gasteiger partial charge in [-0.2, -0.15) is 0 Å². The molecule has 2 aliphatic rings. The highest BCUT2D eigenvalue weighted by Gasteiger charge is 2.30. The van der Waals surface area contributed by atoms with Crippen molar-refractivity contribution in [2.75, 3.05) is 6.61 Å². The molecule has 1 heteroatoms. The molecule has 2 rings (SSSR count). The van der Waals surface area contributed by atoms with Gasteiger partial charge in [0.05, 0.1) is 6.10 Å². The second kappa shape index (κ2) is 8.09. The summed E-state index contributed by atoms with van der Waals surface area (Å²) < 4.78 is 5.91. The minimum Gasteiger partial charge on any atom is -0.378 e. The van der Waals surface area contributed by atoms with Gasteiger partial charge in [0.15, 0.2) is 0 Å². The van der Waals surface area contributed by atoms with Gasteiger partial charge in [0.25, 0.3) is 0 Å². The molecule has 2 fully saturated rings. The van der Waals surface area contributed by atoms with Crippen molar-refractivity contribution in [1.82, 2.24) is 0 Å². The highest BCUT2D eigenvalue weighted by Crippen LogP contribution is 2.40. The Bertz CT molecular complexity index is 255. The van der Waals surface area contributed by atoms with E-state index in [1.165, 1.54) is 51.4 Å². The minimum atomic E-state index is 0.579. The Labute approximate surface area is 119 Å². The van der Waals surface area contributed by atoms with Gasteiger partial charge < -0.3 is 4.74 Å². The Kier molecular flexibility index (Phi) is 6.43. The zero-order valence-electron chi connectivity index (χ0n) is 12.9. The van der Waals surface area contributed by atoms with E-state index in [9.17, 15) is 0 Å². The molecule has 0 unspecified atom stereocenters. The first-order valence-corrected chi connectivity index (χ1v) is 8.57. The van der Waals surface area contributed by atoms with Gasteiger partial charge in [-0.25, -0.2) is 0 Å². The molecule has 0 aliphatic heterocycles. The molecule has 2 saturated carbocycles. The van der Waals surface area contributed by atoms with Crippen LogP contribution < -0.4 is 0 Å². The van der Waals surface area contributed by atoms with Crippen LogP contribution in [0.25, 0.3) is 0 Å². The topological polar surface area (TPSA) is 9.23 Å². The van der Waals surface area contributed by atoms with Crippen LogP contribution in [0.4, 0.5) is 0 Å². The summed E-state index contributed by atoms with van der Waals surface area (Å²) >= 11 is 0. The summed E-state index contributed by atoms with van der Waals surface area (Å²) in [6.45, 7) is 5.32. The maximum atomic E-state index is 5.91. The van der Waals surface area contributed by atoms with E-state index in [2.05, 4.69) is 26.0 Å². The van der Waals surface area contributed by atoms with Gasteiger partial charge >= 0.3 is 0 Å². The fraction of sp³-hybridized carbons (Fsp3) is 0.889. The van der Waals surface area contributed by atoms with Crippen molar-refractivity contribution in [3.63, 3.8) is 0 Å². The summed E-state index contributed by atoms with van der Waals surface area (Å²) in [5.74, 6) is 2.91. The van der Waals surface area contributed by atoms with Gasteiger partial charge in [-0.05, 0) is 82.5 Å². The molecular weight excluding hydrogens is 232 g/mol. The van der Waals surface area contributed by atoms with Gasteiger partial charge in [-0.3, -0.25) is 0 Å². The summed E-state index contributed by atoms with van der Waals surface area (Å²) in [7, 11) is 0. The first-order valence-electron chi connectivity index (χ1n) is 8.57. The Balaban J connectivity index is 1.68. The highest BCUT2D eigenvalue weighted by molar-refractivity contribution is 4.90. The third-order valence-corrected chi connectivity index (χ3v) is 5.22. The summed E-state index contributed by atoms with van der Waals surface area (Å²) in [6, 6.07) is 0. The highest BCUT2D eigenvalue weighted by atomic mass is 16.5. The summed E-state index contributed by atoms with van der Waals surface area (Å²) in [5.41, 5.74) is 0. The zero-order valence-corrected chi connectivity index (χ0v) is 12.9. The fourth-order valence-electron chi connectivity index (χ4n) is 4.09. The molecule has 0 heterocycles. The maximum absolute atomic E-state index is 5.91. The SMILES string of the molecule is CC=C[C@H]1CC[C@H]([C@H]2CC[C@H](OCCC)CC2)CC1. The first kappa shape index (κ1) is 15.1. The predicted octanol–water partition coefficient (Wildman–Crippen LogP) is 5.35. The Morgan fingerprint density at radius 1 is 0.895 bits per heavy atom. The molecule has 2 aliphatic carbocycles. The standard InChI is InChI=1S/C18H32O/c1-3-5-15-6-8-16(9-7-15)17-10-12-18(13-11-17)19-14-4-2/h3,5,15-18H,4,6-14H2,1-2H3/t15-,16-,17-,18-. The summed E-state index contributed by atoms with van der Waals surface area (Å²) in [6.07, 6.45) is 17.7. The van der Waals surface area contributed by atoms with Crippen molar-refractivity contribution < 1.29 is 4.74 Å². The molecule has 0 aromatic heterocycles. The monoisotopic (exact) mass is 264 g/mol. The molecule has 0 spiro atoms. The van der Waals surface area contributed by atoms with Crippen LogP contribution in [-0.2, 0) is 4.74 Å². The molecule has 0 radical (unpaired) electrons. The number of allylic oxidation sites excluding steroid dienone is 2. The molecule has 1 nitrogen and oxygen atoms in total. The maximum Gasteiger partial charge on any atom is 0.0575 e. The van der Waals surface area contributed by atoms with Crippen LogP contribution in [0.5, 0.6) is 0 Å². The van der Waals surface area contributed by atoms with Crippen LogP contribution in [0.2, 0.25) is 0 Å². The van der Waals surface area contributed by atoms with Gasteiger partial charge in [-0.15, -0.1) is 0 Å². The first-order chi connectivity index (χ1) is 9.33. The second-order valence-electron chi connectivity index (χ2n) is 6.61. The number of hydrogen-bond donors (Lipinski definition) is 0. The lowest BCUT2D eigenvalue weighted by molar-refractivity contribution is 0.00796. The largest absolute Gasteiger partial charge is 0.378 e. The molecular formula is C18H32O. The molecule has 0 atom stereocenters. The van der Waals surface area contributed by atoms with Gasteiger partial charge in [-0.1, -0.05) is 19.1 Å². The minimum absolute atomic E-state index is 0.579. The Hall–Kier alpha value is -0.300. The van der Waals surface area contributed by atoms with E-state index in [0.29, 0.717) is 6.10 Å². The molecule has 19 heavy (non-hydrogen) atoms. The van der Waals surface area contributed by atoms with Crippen LogP contribution in [0.1, 0.15) is 71.6 Å². The van der Waals surface area contributed by atoms with Crippen molar-refractivity contribution >= 4 is 0 Å². The molecule has 0 bridgehead atoms. The number of rotatable bonds is 5. The van der Waals surface area contributed by atoms with Crippen LogP contribution in [0.3, 0.4) is 0 Å². The average Bonchev–Trinajstić information content (AvgIpc) is 2.47. The van der Waals surface area contributed by atoms with Crippen molar-refractivity contribution in [3.8, 4) is 0 Å². The van der Waals surface area contributed by atoms with E-state index in [-0.39, 0.29) is 0 Å². The quantitative estimate of drug-likeness (QED) is 0.608. The van der Waals surface area contributed by atoms with Crippen molar-refractivity contribution in [1.29, 1.82) is 0 Å². The van der Waals surface area contributed by atoms with Crippen molar-refractivity contribution in [2.24, 2.45) is 17.8 Å². The lowest BCUT2D eigenvalue weighted by atomic mass is 9.70. The molecule has 0 N–H and O–H groups in total. The van der Waals surface area contributed by atoms with Crippen molar-refractivity contribution in [2.45, 2.75) is 77.7 Å². The van der Waals surface area contributed by atoms with E-state index < -0.39 is 0 Å². The van der Waals surface area contributed by atoms with E-state index in [1.807, 2.05) is 0 Å². The molecule has 0 aromatic rings. The average molecular weight is 264 g/mol. The molecule has 0 amide bonds. The van der Waals surface area contributed by atoms with Crippen LogP contribution in [-0.4, -0.2) is 12.7 Å². The van der Waals surface area contributed by atoms with E-state index in [1.54, 1.807) is 0 Å². The van der Waals surface area contributed by atoms with Gasteiger partial charge in [0.2, 0.25) is 0 Å². The van der Waals surface area contributed by atoms with Gasteiger partial charge in [0, 0.05) is 6.61 Å². The van der Waals surface area contributed by atoms with Crippen LogP contribution in [0.15, 0.2) is 12.2 Å². The fourth-order valence-corrected chi connectivity index (χ4v) is 4.09. The van der Waals surface area contributed by atoms with Gasteiger partial charge in [0.1, 0.15) is 0 Å². The third-order valence-electron chi connectivity index (χ3n) is 5.22. The zero-order chi connectivity index (χ0) is 13.5. The third kappa shape index (κ3) is 4.63.